The average Bonchev–Trinajstić information content (AvgIpc) is 2.62. The lowest BCUT2D eigenvalue weighted by atomic mass is 9.92. The predicted octanol–water partition coefficient (Wildman–Crippen LogP) is 1.75. The van der Waals surface area contributed by atoms with Gasteiger partial charge in [0.1, 0.15) is 12.1 Å². The van der Waals surface area contributed by atoms with Crippen molar-refractivity contribution in [3.05, 3.63) is 18.5 Å². The molecule has 0 aliphatic heterocycles. The molecule has 3 rings (SSSR count). The van der Waals surface area contributed by atoms with E-state index in [4.69, 9.17) is 9.47 Å². The molecular weight excluding hydrogens is 344 g/mol. The van der Waals surface area contributed by atoms with Crippen LogP contribution < -0.4 is 19.5 Å². The molecule has 2 N–H and O–H groups in total. The molecule has 8 nitrogen and oxygen atoms in total. The summed E-state index contributed by atoms with van der Waals surface area (Å²) in [5, 5.41) is 4.32. The zero-order valence-electron chi connectivity index (χ0n) is 14.2. The van der Waals surface area contributed by atoms with Gasteiger partial charge in [-0.15, -0.1) is 0 Å². The second-order valence-corrected chi connectivity index (χ2v) is 6.70. The van der Waals surface area contributed by atoms with Crippen molar-refractivity contribution in [1.82, 2.24) is 14.7 Å². The van der Waals surface area contributed by atoms with Gasteiger partial charge in [-0.1, -0.05) is 0 Å². The van der Waals surface area contributed by atoms with Gasteiger partial charge in [0.2, 0.25) is 0 Å². The van der Waals surface area contributed by atoms with Crippen LogP contribution in [0, 0.1) is 0 Å². The second-order valence-electron chi connectivity index (χ2n) is 5.99. The first kappa shape index (κ1) is 17.8. The van der Waals surface area contributed by atoms with E-state index >= 15 is 0 Å². The van der Waals surface area contributed by atoms with Crippen LogP contribution in [0.1, 0.15) is 25.7 Å². The third-order valence-electron chi connectivity index (χ3n) is 4.47. The molecule has 0 radical (unpaired) electrons. The molecule has 1 aliphatic carbocycles. The van der Waals surface area contributed by atoms with E-state index in [1.54, 1.807) is 14.2 Å². The Bertz CT molecular complexity index is 765. The lowest BCUT2D eigenvalue weighted by molar-refractivity contribution is 0.355. The third kappa shape index (κ3) is 4.17. The Morgan fingerprint density at radius 1 is 1.08 bits per heavy atom. The number of benzene rings is 1. The summed E-state index contributed by atoms with van der Waals surface area (Å²) in [6.45, 7) is 0. The molecule has 0 saturated heterocycles. The lowest BCUT2D eigenvalue weighted by Crippen LogP contribution is -2.37. The molecule has 1 heterocycles. The molecule has 1 aromatic carbocycles. The molecule has 9 heteroatoms. The number of fused-ring (bicyclic) bond motifs is 1. The Balaban J connectivity index is 1.77. The normalized spacial score (nSPS) is 21.7. The quantitative estimate of drug-likeness (QED) is 0.751. The van der Waals surface area contributed by atoms with Crippen LogP contribution in [-0.2, 0) is 11.3 Å². The number of nitrogens with zero attached hydrogens (tertiary/aromatic N) is 2. The number of ether oxygens (including phenoxy) is 2. The Kier molecular flexibility index (Phi) is 5.67. The largest absolute Gasteiger partial charge is 0.760 e. The van der Waals surface area contributed by atoms with Gasteiger partial charge in [-0.2, -0.15) is 0 Å². The average molecular weight is 365 g/mol. The molecule has 0 bridgehead atoms. The van der Waals surface area contributed by atoms with Crippen LogP contribution in [0.3, 0.4) is 0 Å². The van der Waals surface area contributed by atoms with E-state index in [-0.39, 0.29) is 12.1 Å². The summed E-state index contributed by atoms with van der Waals surface area (Å²) in [5.74, 6) is 1.99. The summed E-state index contributed by atoms with van der Waals surface area (Å²) in [6.07, 6.45) is 4.85. The minimum absolute atomic E-state index is 0.0166. The maximum Gasteiger partial charge on any atom is 0.162 e. The summed E-state index contributed by atoms with van der Waals surface area (Å²) in [6, 6.07) is 3.95. The standard InChI is InChI=1S/C16H22N4O4S/c1-23-14-7-12-13(8-15(14)24-2)17-9-18-16(12)19-10-3-5-11(6-4-10)20-25(21)22/h7-11,20H,3-6H2,1-2H3,(H,21,22)(H,17,18,19)/p-1. The molecule has 0 amide bonds. The van der Waals surface area contributed by atoms with E-state index in [1.807, 2.05) is 12.1 Å². The van der Waals surface area contributed by atoms with E-state index < -0.39 is 11.3 Å². The summed E-state index contributed by atoms with van der Waals surface area (Å²) in [7, 11) is 3.18. The Morgan fingerprint density at radius 3 is 2.36 bits per heavy atom. The highest BCUT2D eigenvalue weighted by atomic mass is 32.2. The fourth-order valence-electron chi connectivity index (χ4n) is 3.18. The zero-order valence-corrected chi connectivity index (χ0v) is 15.0. The topological polar surface area (TPSA) is 108 Å². The highest BCUT2D eigenvalue weighted by Gasteiger charge is 2.22. The number of hydrogen-bond donors (Lipinski definition) is 2. The molecule has 2 aromatic rings. The van der Waals surface area contributed by atoms with Crippen molar-refractivity contribution in [3.63, 3.8) is 0 Å². The van der Waals surface area contributed by atoms with Crippen molar-refractivity contribution in [2.24, 2.45) is 0 Å². The van der Waals surface area contributed by atoms with Crippen molar-refractivity contribution in [2.45, 2.75) is 37.8 Å². The number of nitrogens with one attached hydrogen (secondary N) is 2. The minimum Gasteiger partial charge on any atom is -0.760 e. The first-order valence-corrected chi connectivity index (χ1v) is 9.17. The van der Waals surface area contributed by atoms with Crippen molar-refractivity contribution >= 4 is 28.0 Å². The second kappa shape index (κ2) is 7.94. The van der Waals surface area contributed by atoms with Gasteiger partial charge in [-0.25, -0.2) is 14.7 Å². The van der Waals surface area contributed by atoms with Gasteiger partial charge in [0, 0.05) is 34.8 Å². The molecule has 0 spiro atoms. The Labute approximate surface area is 148 Å². The number of hydrogen-bond acceptors (Lipinski definition) is 7. The smallest absolute Gasteiger partial charge is 0.162 e. The molecule has 1 fully saturated rings. The maximum atomic E-state index is 10.7. The van der Waals surface area contributed by atoms with Gasteiger partial charge in [0.25, 0.3) is 0 Å². The molecule has 136 valence electrons. The third-order valence-corrected chi connectivity index (χ3v) is 5.00. The lowest BCUT2D eigenvalue weighted by Gasteiger charge is -2.30. The summed E-state index contributed by atoms with van der Waals surface area (Å²) in [4.78, 5) is 8.66. The van der Waals surface area contributed by atoms with Gasteiger partial charge in [-0.3, -0.25) is 4.21 Å². The summed E-state index contributed by atoms with van der Waals surface area (Å²) in [5.41, 5.74) is 0.771. The first-order valence-electron chi connectivity index (χ1n) is 8.09. The van der Waals surface area contributed by atoms with Crippen LogP contribution in [0.15, 0.2) is 18.5 Å². The SMILES string of the molecule is COc1cc2ncnc(NC3CCC(NS(=O)[O-])CC3)c2cc1OC. The Morgan fingerprint density at radius 2 is 1.72 bits per heavy atom. The highest BCUT2D eigenvalue weighted by Crippen LogP contribution is 2.34. The van der Waals surface area contributed by atoms with E-state index in [0.717, 1.165) is 42.4 Å². The van der Waals surface area contributed by atoms with Gasteiger partial charge in [0.15, 0.2) is 11.5 Å². The summed E-state index contributed by atoms with van der Waals surface area (Å²) < 4.78 is 34.7. The molecule has 1 aromatic heterocycles. The molecule has 1 unspecified atom stereocenters. The van der Waals surface area contributed by atoms with Crippen molar-refractivity contribution in [2.75, 3.05) is 19.5 Å². The van der Waals surface area contributed by atoms with Crippen LogP contribution >= 0.6 is 0 Å². The Hall–Kier alpha value is -1.97. The molecular formula is C16H21N4O4S-. The zero-order chi connectivity index (χ0) is 17.8. The molecule has 25 heavy (non-hydrogen) atoms. The van der Waals surface area contributed by atoms with Crippen LogP contribution in [0.2, 0.25) is 0 Å². The van der Waals surface area contributed by atoms with Gasteiger partial charge in [-0.05, 0) is 31.7 Å². The van der Waals surface area contributed by atoms with Crippen molar-refractivity contribution in [1.29, 1.82) is 0 Å². The minimum atomic E-state index is -2.20. The van der Waals surface area contributed by atoms with Gasteiger partial charge in [0.05, 0.1) is 19.7 Å². The van der Waals surface area contributed by atoms with Crippen molar-refractivity contribution < 1.29 is 18.2 Å². The fraction of sp³-hybridized carbons (Fsp3) is 0.500. The van der Waals surface area contributed by atoms with E-state index in [0.29, 0.717) is 11.5 Å². The molecule has 1 saturated carbocycles. The monoisotopic (exact) mass is 365 g/mol. The van der Waals surface area contributed by atoms with E-state index in [9.17, 15) is 8.76 Å². The fourth-order valence-corrected chi connectivity index (χ4v) is 3.69. The van der Waals surface area contributed by atoms with Crippen LogP contribution in [0.5, 0.6) is 11.5 Å². The summed E-state index contributed by atoms with van der Waals surface area (Å²) >= 11 is -2.20. The number of aromatic nitrogens is 2. The van der Waals surface area contributed by atoms with Crippen LogP contribution in [-0.4, -0.2) is 45.0 Å². The first-order chi connectivity index (χ1) is 12.1. The molecule has 1 atom stereocenters. The van der Waals surface area contributed by atoms with Crippen LogP contribution in [0.4, 0.5) is 5.82 Å². The van der Waals surface area contributed by atoms with E-state index in [2.05, 4.69) is 20.0 Å². The van der Waals surface area contributed by atoms with Crippen molar-refractivity contribution in [3.8, 4) is 11.5 Å². The van der Waals surface area contributed by atoms with E-state index in [1.165, 1.54) is 6.33 Å². The highest BCUT2D eigenvalue weighted by molar-refractivity contribution is 7.77. The van der Waals surface area contributed by atoms with Gasteiger partial charge < -0.3 is 19.3 Å². The van der Waals surface area contributed by atoms with Crippen LogP contribution in [0.25, 0.3) is 10.9 Å². The predicted molar refractivity (Wildman–Crippen MR) is 94.4 cm³/mol. The maximum absolute atomic E-state index is 10.7. The number of rotatable bonds is 6. The number of anilines is 1. The number of methoxy groups -OCH3 is 2. The molecule has 1 aliphatic rings. The van der Waals surface area contributed by atoms with Gasteiger partial charge >= 0.3 is 0 Å².